The molecule has 0 radical (unpaired) electrons. The van der Waals surface area contributed by atoms with Crippen LogP contribution in [-0.4, -0.2) is 47.6 Å². The Morgan fingerprint density at radius 3 is 1.69 bits per heavy atom. The predicted molar refractivity (Wildman–Crippen MR) is 160 cm³/mol. The van der Waals surface area contributed by atoms with Crippen molar-refractivity contribution >= 4 is 11.9 Å². The Labute approximate surface area is 238 Å². The van der Waals surface area contributed by atoms with Crippen LogP contribution in [0, 0.1) is 0 Å². The monoisotopic (exact) mass is 548 g/mol. The zero-order chi connectivity index (χ0) is 28.8. The molecule has 0 aromatic heterocycles. The number of aliphatic hydroxyl groups excluding tert-OH is 2. The fourth-order valence-corrected chi connectivity index (χ4v) is 3.74. The van der Waals surface area contributed by atoms with E-state index in [0.717, 1.165) is 64.2 Å². The molecule has 0 aromatic carbocycles. The molecule has 224 valence electrons. The van der Waals surface area contributed by atoms with Crippen molar-refractivity contribution in [2.75, 3.05) is 13.2 Å². The molecule has 0 aliphatic carbocycles. The van der Waals surface area contributed by atoms with Crippen LogP contribution < -0.4 is 0 Å². The number of unbranched alkanes of at least 4 members (excludes halogenated alkanes) is 8. The first-order valence-electron chi connectivity index (χ1n) is 15.3. The summed E-state index contributed by atoms with van der Waals surface area (Å²) in [6, 6.07) is 0. The van der Waals surface area contributed by atoms with Crippen molar-refractivity contribution in [3.05, 3.63) is 48.6 Å². The number of carbonyl (C=O) groups is 2. The summed E-state index contributed by atoms with van der Waals surface area (Å²) in [6.45, 7) is 4.02. The van der Waals surface area contributed by atoms with Gasteiger partial charge in [-0.1, -0.05) is 114 Å². The first-order valence-corrected chi connectivity index (χ1v) is 15.3. The average molecular weight is 549 g/mol. The number of aliphatic hydroxyl groups is 2. The molecule has 0 spiro atoms. The van der Waals surface area contributed by atoms with Crippen LogP contribution in [0.2, 0.25) is 0 Å². The molecule has 2 atom stereocenters. The lowest BCUT2D eigenvalue weighted by molar-refractivity contribution is -0.152. The van der Waals surface area contributed by atoms with Crippen LogP contribution in [-0.2, 0) is 19.1 Å². The number of hydrogen-bond donors (Lipinski definition) is 2. The normalized spacial score (nSPS) is 13.6. The minimum atomic E-state index is -0.992. The predicted octanol–water partition coefficient (Wildman–Crippen LogP) is 7.69. The Morgan fingerprint density at radius 2 is 1.10 bits per heavy atom. The van der Waals surface area contributed by atoms with Crippen molar-refractivity contribution in [2.45, 2.75) is 135 Å². The third-order valence-corrected chi connectivity index (χ3v) is 6.14. The molecule has 0 saturated heterocycles. The van der Waals surface area contributed by atoms with Crippen LogP contribution in [0.25, 0.3) is 0 Å². The number of rotatable bonds is 26. The van der Waals surface area contributed by atoms with Gasteiger partial charge in [-0.25, -0.2) is 0 Å². The molecule has 0 aromatic rings. The summed E-state index contributed by atoms with van der Waals surface area (Å²) in [7, 11) is 0. The quantitative estimate of drug-likeness (QED) is 0.0654. The number of esters is 2. The van der Waals surface area contributed by atoms with Gasteiger partial charge in [0.1, 0.15) is 19.3 Å². The van der Waals surface area contributed by atoms with Gasteiger partial charge in [0, 0.05) is 12.8 Å². The molecule has 0 unspecified atom stereocenters. The van der Waals surface area contributed by atoms with E-state index in [1.54, 1.807) is 0 Å². The smallest absolute Gasteiger partial charge is 0.305 e. The summed E-state index contributed by atoms with van der Waals surface area (Å²) in [5.41, 5.74) is 0. The lowest BCUT2D eigenvalue weighted by Crippen LogP contribution is -2.25. The van der Waals surface area contributed by atoms with Crippen LogP contribution in [0.1, 0.15) is 123 Å². The van der Waals surface area contributed by atoms with Crippen molar-refractivity contribution in [3.63, 3.8) is 0 Å². The number of hydrogen-bond acceptors (Lipinski definition) is 6. The van der Waals surface area contributed by atoms with Gasteiger partial charge in [-0.2, -0.15) is 0 Å². The lowest BCUT2D eigenvalue weighted by Gasteiger charge is -2.12. The van der Waals surface area contributed by atoms with E-state index >= 15 is 0 Å². The van der Waals surface area contributed by atoms with E-state index < -0.39 is 6.10 Å². The fourth-order valence-electron chi connectivity index (χ4n) is 3.74. The maximum Gasteiger partial charge on any atom is 0.305 e. The molecule has 6 nitrogen and oxygen atoms in total. The van der Waals surface area contributed by atoms with E-state index in [1.165, 1.54) is 25.7 Å². The number of ether oxygens (including phenoxy) is 2. The molecule has 2 N–H and O–H groups in total. The number of allylic oxidation sites excluding steroid dienone is 7. The molecular weight excluding hydrogens is 492 g/mol. The highest BCUT2D eigenvalue weighted by Gasteiger charge is 2.11. The molecule has 0 amide bonds. The summed E-state index contributed by atoms with van der Waals surface area (Å²) in [6.07, 6.45) is 30.8. The Hall–Kier alpha value is -2.18. The van der Waals surface area contributed by atoms with E-state index in [-0.39, 0.29) is 31.3 Å². The first-order chi connectivity index (χ1) is 19.0. The van der Waals surface area contributed by atoms with Gasteiger partial charge in [-0.05, 0) is 44.9 Å². The van der Waals surface area contributed by atoms with Gasteiger partial charge in [0.15, 0.2) is 0 Å². The molecule has 0 fully saturated rings. The maximum atomic E-state index is 11.8. The molecule has 0 heterocycles. The van der Waals surface area contributed by atoms with Gasteiger partial charge >= 0.3 is 11.9 Å². The second-order valence-electron chi connectivity index (χ2n) is 10.0. The minimum absolute atomic E-state index is 0.144. The van der Waals surface area contributed by atoms with E-state index in [0.29, 0.717) is 19.3 Å². The zero-order valence-electron chi connectivity index (χ0n) is 24.7. The topological polar surface area (TPSA) is 93.1 Å². The average Bonchev–Trinajstić information content (AvgIpc) is 2.93. The summed E-state index contributed by atoms with van der Waals surface area (Å²) >= 11 is 0. The van der Waals surface area contributed by atoms with Gasteiger partial charge in [-0.15, -0.1) is 0 Å². The Balaban J connectivity index is 3.65. The second-order valence-corrected chi connectivity index (χ2v) is 10.0. The Morgan fingerprint density at radius 1 is 0.615 bits per heavy atom. The summed E-state index contributed by atoms with van der Waals surface area (Å²) in [5, 5.41) is 19.6. The molecular formula is C33H56O6. The van der Waals surface area contributed by atoms with Gasteiger partial charge in [-0.3, -0.25) is 9.59 Å². The molecule has 6 heteroatoms. The summed E-state index contributed by atoms with van der Waals surface area (Å²) in [4.78, 5) is 23.6. The van der Waals surface area contributed by atoms with Crippen LogP contribution in [0.15, 0.2) is 48.6 Å². The SMILES string of the molecule is CCCCCCCCCC(=O)OC[C@@H](O)COC(=O)CCC/C=C\C/C=C\C/C=C\C/C=C\[C@@H](O)CCCC. The minimum Gasteiger partial charge on any atom is -0.463 e. The standard InChI is InChI=1S/C33H56O6/c1-3-5-7-8-15-19-22-26-32(36)38-28-31(35)29-39-33(37)27-23-20-17-14-12-10-9-11-13-16-18-21-25-30(34)24-6-4-2/h9-10,13-14,16-17,21,25,30-31,34-35H,3-8,11-12,15,18-20,22-24,26-29H2,1-2H3/b10-9-,16-13-,17-14-,25-21-/t30-,31+/m0/s1. The molecule has 0 aliphatic rings. The molecule has 0 bridgehead atoms. The van der Waals surface area contributed by atoms with Crippen molar-refractivity contribution < 1.29 is 29.3 Å². The van der Waals surface area contributed by atoms with E-state index in [1.807, 2.05) is 12.2 Å². The van der Waals surface area contributed by atoms with Crippen molar-refractivity contribution in [2.24, 2.45) is 0 Å². The van der Waals surface area contributed by atoms with Crippen LogP contribution >= 0.6 is 0 Å². The molecule has 39 heavy (non-hydrogen) atoms. The highest BCUT2D eigenvalue weighted by Crippen LogP contribution is 2.09. The summed E-state index contributed by atoms with van der Waals surface area (Å²) < 4.78 is 10.1. The van der Waals surface area contributed by atoms with E-state index in [2.05, 4.69) is 50.3 Å². The van der Waals surface area contributed by atoms with Crippen molar-refractivity contribution in [3.8, 4) is 0 Å². The van der Waals surface area contributed by atoms with Crippen LogP contribution in [0.4, 0.5) is 0 Å². The van der Waals surface area contributed by atoms with E-state index in [4.69, 9.17) is 9.47 Å². The fraction of sp³-hybridized carbons (Fsp3) is 0.697. The molecule has 0 saturated carbocycles. The first kappa shape index (κ1) is 36.8. The molecule has 0 rings (SSSR count). The molecule has 0 aliphatic heterocycles. The van der Waals surface area contributed by atoms with Gasteiger partial charge in [0.25, 0.3) is 0 Å². The Kier molecular flexibility index (Phi) is 27.2. The second kappa shape index (κ2) is 28.8. The maximum absolute atomic E-state index is 11.8. The van der Waals surface area contributed by atoms with Crippen LogP contribution in [0.3, 0.4) is 0 Å². The highest BCUT2D eigenvalue weighted by molar-refractivity contribution is 5.69. The van der Waals surface area contributed by atoms with Gasteiger partial charge in [0.2, 0.25) is 0 Å². The Bertz CT molecular complexity index is 694. The van der Waals surface area contributed by atoms with Gasteiger partial charge < -0.3 is 19.7 Å². The van der Waals surface area contributed by atoms with Crippen LogP contribution in [0.5, 0.6) is 0 Å². The third-order valence-electron chi connectivity index (χ3n) is 6.14. The third kappa shape index (κ3) is 28.6. The van der Waals surface area contributed by atoms with Crippen molar-refractivity contribution in [1.82, 2.24) is 0 Å². The highest BCUT2D eigenvalue weighted by atomic mass is 16.6. The lowest BCUT2D eigenvalue weighted by atomic mass is 10.1. The van der Waals surface area contributed by atoms with Gasteiger partial charge in [0.05, 0.1) is 6.10 Å². The van der Waals surface area contributed by atoms with Crippen molar-refractivity contribution in [1.29, 1.82) is 0 Å². The summed E-state index contributed by atoms with van der Waals surface area (Å²) in [5.74, 6) is -0.664. The zero-order valence-corrected chi connectivity index (χ0v) is 24.7. The van der Waals surface area contributed by atoms with E-state index in [9.17, 15) is 19.8 Å². The number of carbonyl (C=O) groups excluding carboxylic acids is 2. The largest absolute Gasteiger partial charge is 0.463 e.